The standard InChI is InChI=1S/C22H23NO2.BrH/c1-24-21-13-17-10-11-23-20(19(17)14-22(21)25-2)12-16-8-5-7-15-6-3-4-9-18(15)16;/h3-9,13-14,20,23H,10-12H2,1-2H3;1H/t20-;/m1./s1. The van der Waals surface area contributed by atoms with Crippen LogP contribution in [0, 0.1) is 0 Å². The Balaban J connectivity index is 0.00000196. The Hall–Kier alpha value is -2.04. The van der Waals surface area contributed by atoms with Gasteiger partial charge in [-0.25, -0.2) is 0 Å². The number of hydrogen-bond acceptors (Lipinski definition) is 3. The monoisotopic (exact) mass is 413 g/mol. The highest BCUT2D eigenvalue weighted by atomic mass is 79.9. The Kier molecular flexibility index (Phi) is 5.84. The summed E-state index contributed by atoms with van der Waals surface area (Å²) in [5.41, 5.74) is 4.04. The molecule has 1 N–H and O–H groups in total. The van der Waals surface area contributed by atoms with Crippen LogP contribution in [0.2, 0.25) is 0 Å². The summed E-state index contributed by atoms with van der Waals surface area (Å²) in [6, 6.07) is 19.7. The van der Waals surface area contributed by atoms with E-state index in [1.807, 2.05) is 0 Å². The second-order valence-electron chi connectivity index (χ2n) is 6.51. The van der Waals surface area contributed by atoms with Gasteiger partial charge in [-0.3, -0.25) is 0 Å². The fourth-order valence-electron chi connectivity index (χ4n) is 3.84. The van der Waals surface area contributed by atoms with Crippen molar-refractivity contribution in [1.29, 1.82) is 0 Å². The van der Waals surface area contributed by atoms with Crippen LogP contribution in [-0.2, 0) is 12.8 Å². The minimum Gasteiger partial charge on any atom is -0.493 e. The lowest BCUT2D eigenvalue weighted by Gasteiger charge is -2.28. The molecule has 4 rings (SSSR count). The molecule has 0 radical (unpaired) electrons. The summed E-state index contributed by atoms with van der Waals surface area (Å²) in [6.07, 6.45) is 1.98. The van der Waals surface area contributed by atoms with Crippen molar-refractivity contribution in [2.24, 2.45) is 0 Å². The van der Waals surface area contributed by atoms with E-state index < -0.39 is 0 Å². The zero-order valence-corrected chi connectivity index (χ0v) is 16.8. The summed E-state index contributed by atoms with van der Waals surface area (Å²) in [4.78, 5) is 0. The molecule has 26 heavy (non-hydrogen) atoms. The maximum atomic E-state index is 5.52. The molecule has 0 fully saturated rings. The van der Waals surface area contributed by atoms with Crippen LogP contribution in [0.1, 0.15) is 22.7 Å². The molecule has 3 aromatic rings. The van der Waals surface area contributed by atoms with E-state index in [0.29, 0.717) is 0 Å². The second kappa shape index (κ2) is 8.11. The predicted molar refractivity (Wildman–Crippen MR) is 112 cm³/mol. The SMILES string of the molecule is Br.COc1cc2c(cc1OC)[C@@H](Cc1cccc3ccccc13)NCC2. The van der Waals surface area contributed by atoms with Crippen LogP contribution < -0.4 is 14.8 Å². The molecule has 0 saturated heterocycles. The van der Waals surface area contributed by atoms with Gasteiger partial charge in [0.1, 0.15) is 0 Å². The quantitative estimate of drug-likeness (QED) is 0.661. The molecule has 3 aromatic carbocycles. The van der Waals surface area contributed by atoms with Gasteiger partial charge in [0.05, 0.1) is 14.2 Å². The second-order valence-corrected chi connectivity index (χ2v) is 6.51. The van der Waals surface area contributed by atoms with Gasteiger partial charge in [0.25, 0.3) is 0 Å². The van der Waals surface area contributed by atoms with Gasteiger partial charge in [0.2, 0.25) is 0 Å². The van der Waals surface area contributed by atoms with Gasteiger partial charge in [-0.2, -0.15) is 0 Å². The Bertz CT molecular complexity index is 905. The molecule has 0 unspecified atom stereocenters. The van der Waals surface area contributed by atoms with E-state index in [2.05, 4.69) is 59.9 Å². The van der Waals surface area contributed by atoms with E-state index in [0.717, 1.165) is 30.9 Å². The Morgan fingerprint density at radius 1 is 0.962 bits per heavy atom. The minimum atomic E-state index is 0. The van der Waals surface area contributed by atoms with Gasteiger partial charge < -0.3 is 14.8 Å². The molecule has 0 bridgehead atoms. The maximum absolute atomic E-state index is 5.52. The third kappa shape index (κ3) is 3.44. The van der Waals surface area contributed by atoms with Crippen molar-refractivity contribution in [3.05, 3.63) is 71.3 Å². The highest BCUT2D eigenvalue weighted by Gasteiger charge is 2.23. The summed E-state index contributed by atoms with van der Waals surface area (Å²) >= 11 is 0. The van der Waals surface area contributed by atoms with Crippen molar-refractivity contribution in [3.63, 3.8) is 0 Å². The summed E-state index contributed by atoms with van der Waals surface area (Å²) in [5, 5.41) is 6.31. The zero-order chi connectivity index (χ0) is 17.2. The third-order valence-electron chi connectivity index (χ3n) is 5.11. The third-order valence-corrected chi connectivity index (χ3v) is 5.11. The molecule has 136 valence electrons. The molecule has 1 aliphatic rings. The Labute approximate surface area is 165 Å². The molecule has 0 aromatic heterocycles. The molecule has 4 heteroatoms. The molecule has 0 aliphatic carbocycles. The number of nitrogens with one attached hydrogen (secondary N) is 1. The number of rotatable bonds is 4. The average Bonchev–Trinajstić information content (AvgIpc) is 2.67. The summed E-state index contributed by atoms with van der Waals surface area (Å²) in [5.74, 6) is 1.61. The first-order chi connectivity index (χ1) is 12.3. The molecule has 3 nitrogen and oxygen atoms in total. The zero-order valence-electron chi connectivity index (χ0n) is 15.1. The molecule has 1 heterocycles. The molecule has 0 spiro atoms. The molecule has 1 atom stereocenters. The van der Waals surface area contributed by atoms with Gasteiger partial charge >= 0.3 is 0 Å². The highest BCUT2D eigenvalue weighted by molar-refractivity contribution is 8.93. The van der Waals surface area contributed by atoms with E-state index in [4.69, 9.17) is 9.47 Å². The number of methoxy groups -OCH3 is 2. The first kappa shape index (κ1) is 18.7. The van der Waals surface area contributed by atoms with Crippen LogP contribution in [-0.4, -0.2) is 20.8 Å². The minimum absolute atomic E-state index is 0. The van der Waals surface area contributed by atoms with Crippen LogP contribution in [0.4, 0.5) is 0 Å². The van der Waals surface area contributed by atoms with Crippen LogP contribution in [0.15, 0.2) is 54.6 Å². The van der Waals surface area contributed by atoms with Crippen LogP contribution >= 0.6 is 17.0 Å². The number of halogens is 1. The smallest absolute Gasteiger partial charge is 0.161 e. The van der Waals surface area contributed by atoms with Crippen molar-refractivity contribution in [1.82, 2.24) is 5.32 Å². The largest absolute Gasteiger partial charge is 0.493 e. The first-order valence-corrected chi connectivity index (χ1v) is 8.75. The highest BCUT2D eigenvalue weighted by Crippen LogP contribution is 2.36. The van der Waals surface area contributed by atoms with Crippen molar-refractivity contribution in [3.8, 4) is 11.5 Å². The fraction of sp³-hybridized carbons (Fsp3) is 0.273. The predicted octanol–water partition coefficient (Wildman–Crippen LogP) is 4.86. The number of hydrogen-bond donors (Lipinski definition) is 1. The van der Waals surface area contributed by atoms with Crippen LogP contribution in [0.5, 0.6) is 11.5 Å². The molecule has 0 saturated carbocycles. The van der Waals surface area contributed by atoms with E-state index in [1.165, 1.54) is 27.5 Å². The average molecular weight is 414 g/mol. The van der Waals surface area contributed by atoms with E-state index in [9.17, 15) is 0 Å². The van der Waals surface area contributed by atoms with Gasteiger partial charge in [-0.15, -0.1) is 17.0 Å². The van der Waals surface area contributed by atoms with Crippen molar-refractivity contribution < 1.29 is 9.47 Å². The van der Waals surface area contributed by atoms with Gasteiger partial charge in [-0.1, -0.05) is 42.5 Å². The van der Waals surface area contributed by atoms with Crippen molar-refractivity contribution >= 4 is 27.8 Å². The topological polar surface area (TPSA) is 30.5 Å². The van der Waals surface area contributed by atoms with E-state index in [1.54, 1.807) is 14.2 Å². The van der Waals surface area contributed by atoms with E-state index in [-0.39, 0.29) is 23.0 Å². The van der Waals surface area contributed by atoms with Gasteiger partial charge in [0.15, 0.2) is 11.5 Å². The molecular formula is C22H24BrNO2. The maximum Gasteiger partial charge on any atom is 0.161 e. The lowest BCUT2D eigenvalue weighted by atomic mass is 9.88. The lowest BCUT2D eigenvalue weighted by molar-refractivity contribution is 0.352. The van der Waals surface area contributed by atoms with Crippen molar-refractivity contribution in [2.45, 2.75) is 18.9 Å². The summed E-state index contributed by atoms with van der Waals surface area (Å²) < 4.78 is 11.0. The molecular weight excluding hydrogens is 390 g/mol. The number of ether oxygens (including phenoxy) is 2. The summed E-state index contributed by atoms with van der Waals surface area (Å²) in [7, 11) is 3.39. The summed E-state index contributed by atoms with van der Waals surface area (Å²) in [6.45, 7) is 0.984. The number of fused-ring (bicyclic) bond motifs is 2. The van der Waals surface area contributed by atoms with Crippen LogP contribution in [0.3, 0.4) is 0 Å². The Morgan fingerprint density at radius 2 is 1.69 bits per heavy atom. The first-order valence-electron chi connectivity index (χ1n) is 8.75. The fourth-order valence-corrected chi connectivity index (χ4v) is 3.84. The molecule has 0 amide bonds. The lowest BCUT2D eigenvalue weighted by Crippen LogP contribution is -2.31. The number of benzene rings is 3. The van der Waals surface area contributed by atoms with Gasteiger partial charge in [-0.05, 0) is 59.0 Å². The van der Waals surface area contributed by atoms with Gasteiger partial charge in [0, 0.05) is 6.04 Å². The Morgan fingerprint density at radius 3 is 2.50 bits per heavy atom. The van der Waals surface area contributed by atoms with Crippen LogP contribution in [0.25, 0.3) is 10.8 Å². The normalized spacial score (nSPS) is 15.8. The van der Waals surface area contributed by atoms with Crippen molar-refractivity contribution in [2.75, 3.05) is 20.8 Å². The molecule has 1 aliphatic heterocycles. The van der Waals surface area contributed by atoms with E-state index >= 15 is 0 Å².